The number of halogens is 2. The molecule has 138 valence electrons. The van der Waals surface area contributed by atoms with Gasteiger partial charge in [-0.05, 0) is 43.9 Å². The van der Waals surface area contributed by atoms with E-state index in [9.17, 15) is 9.59 Å². The second kappa shape index (κ2) is 9.44. The molecular weight excluding hydrogens is 359 g/mol. The van der Waals surface area contributed by atoms with Gasteiger partial charge in [-0.3, -0.25) is 9.59 Å². The van der Waals surface area contributed by atoms with Crippen molar-refractivity contribution in [3.05, 3.63) is 33.8 Å². The molecule has 2 amide bonds. The van der Waals surface area contributed by atoms with Gasteiger partial charge in [0.15, 0.2) is 0 Å². The van der Waals surface area contributed by atoms with Crippen LogP contribution < -0.4 is 5.32 Å². The van der Waals surface area contributed by atoms with E-state index in [0.717, 1.165) is 31.2 Å². The van der Waals surface area contributed by atoms with Crippen LogP contribution in [0, 0.1) is 5.92 Å². The van der Waals surface area contributed by atoms with E-state index in [1.807, 2.05) is 17.9 Å². The van der Waals surface area contributed by atoms with Gasteiger partial charge in [0, 0.05) is 19.1 Å². The Labute approximate surface area is 159 Å². The van der Waals surface area contributed by atoms with E-state index in [1.165, 1.54) is 0 Å². The standard InChI is InChI=1S/C19H26Cl2N2O2/c1-3-4-9-22-19(25)15-7-5-13(2)23(12-15)18(24)11-14-6-8-16(20)17(21)10-14/h6,8,10,13,15H,3-5,7,9,11-12H2,1-2H3,(H,22,25). The molecule has 1 heterocycles. The Bertz CT molecular complexity index is 621. The number of carbonyl (C=O) groups excluding carboxylic acids is 2. The maximum Gasteiger partial charge on any atom is 0.227 e. The Balaban J connectivity index is 1.97. The first kappa shape index (κ1) is 20.1. The van der Waals surface area contributed by atoms with Gasteiger partial charge in [-0.1, -0.05) is 42.6 Å². The summed E-state index contributed by atoms with van der Waals surface area (Å²) >= 11 is 12.0. The first-order chi connectivity index (χ1) is 11.9. The van der Waals surface area contributed by atoms with Crippen molar-refractivity contribution in [1.82, 2.24) is 10.2 Å². The van der Waals surface area contributed by atoms with E-state index in [4.69, 9.17) is 23.2 Å². The summed E-state index contributed by atoms with van der Waals surface area (Å²) in [6.07, 6.45) is 3.98. The normalized spacial score (nSPS) is 20.4. The van der Waals surface area contributed by atoms with Crippen LogP contribution in [0.25, 0.3) is 0 Å². The van der Waals surface area contributed by atoms with Gasteiger partial charge in [-0.2, -0.15) is 0 Å². The van der Waals surface area contributed by atoms with Crippen molar-refractivity contribution < 1.29 is 9.59 Å². The van der Waals surface area contributed by atoms with Crippen LogP contribution in [0.2, 0.25) is 10.0 Å². The second-order valence-corrected chi connectivity index (χ2v) is 7.55. The van der Waals surface area contributed by atoms with E-state index < -0.39 is 0 Å². The monoisotopic (exact) mass is 384 g/mol. The molecule has 4 nitrogen and oxygen atoms in total. The number of rotatable bonds is 6. The molecule has 2 unspecified atom stereocenters. The van der Waals surface area contributed by atoms with Gasteiger partial charge in [0.05, 0.1) is 22.4 Å². The number of hydrogen-bond acceptors (Lipinski definition) is 2. The lowest BCUT2D eigenvalue weighted by atomic mass is 9.92. The zero-order chi connectivity index (χ0) is 18.4. The Hall–Kier alpha value is -1.26. The topological polar surface area (TPSA) is 49.4 Å². The summed E-state index contributed by atoms with van der Waals surface area (Å²) in [4.78, 5) is 26.9. The highest BCUT2D eigenvalue weighted by molar-refractivity contribution is 6.42. The number of carbonyl (C=O) groups is 2. The summed E-state index contributed by atoms with van der Waals surface area (Å²) in [6, 6.07) is 5.40. The Morgan fingerprint density at radius 2 is 2.00 bits per heavy atom. The van der Waals surface area contributed by atoms with Gasteiger partial charge < -0.3 is 10.2 Å². The fourth-order valence-electron chi connectivity index (χ4n) is 3.13. The summed E-state index contributed by atoms with van der Waals surface area (Å²) in [5.74, 6) is -0.0320. The molecule has 0 saturated carbocycles. The number of nitrogens with one attached hydrogen (secondary N) is 1. The Morgan fingerprint density at radius 3 is 2.68 bits per heavy atom. The lowest BCUT2D eigenvalue weighted by molar-refractivity contribution is -0.137. The minimum absolute atomic E-state index is 0.0250. The highest BCUT2D eigenvalue weighted by Crippen LogP contribution is 2.25. The molecule has 2 atom stereocenters. The maximum absolute atomic E-state index is 12.7. The van der Waals surface area contributed by atoms with E-state index >= 15 is 0 Å². The molecule has 1 saturated heterocycles. The summed E-state index contributed by atoms with van der Waals surface area (Å²) in [6.45, 7) is 5.33. The quantitative estimate of drug-likeness (QED) is 0.751. The predicted molar refractivity (Wildman–Crippen MR) is 102 cm³/mol. The molecule has 1 fully saturated rings. The van der Waals surface area contributed by atoms with Crippen LogP contribution in [0.5, 0.6) is 0 Å². The smallest absolute Gasteiger partial charge is 0.227 e. The third kappa shape index (κ3) is 5.61. The molecule has 1 aromatic carbocycles. The molecular formula is C19H26Cl2N2O2. The summed E-state index contributed by atoms with van der Waals surface area (Å²) < 4.78 is 0. The number of unbranched alkanes of at least 4 members (excludes halogenated alkanes) is 1. The molecule has 0 bridgehead atoms. The van der Waals surface area contributed by atoms with Gasteiger partial charge >= 0.3 is 0 Å². The molecule has 1 N–H and O–H groups in total. The van der Waals surface area contributed by atoms with Crippen LogP contribution in [0.15, 0.2) is 18.2 Å². The number of piperidine rings is 1. The van der Waals surface area contributed by atoms with Crippen molar-refractivity contribution in [2.45, 2.75) is 52.0 Å². The van der Waals surface area contributed by atoms with Crippen molar-refractivity contribution >= 4 is 35.0 Å². The van der Waals surface area contributed by atoms with Crippen LogP contribution >= 0.6 is 23.2 Å². The first-order valence-electron chi connectivity index (χ1n) is 8.93. The van der Waals surface area contributed by atoms with Gasteiger partial charge in [-0.15, -0.1) is 0 Å². The predicted octanol–water partition coefficient (Wildman–Crippen LogP) is 4.08. The van der Waals surface area contributed by atoms with Crippen molar-refractivity contribution in [2.24, 2.45) is 5.92 Å². The Kier molecular flexibility index (Phi) is 7.57. The van der Waals surface area contributed by atoms with Gasteiger partial charge in [0.2, 0.25) is 11.8 Å². The van der Waals surface area contributed by atoms with E-state index in [1.54, 1.807) is 12.1 Å². The molecule has 0 aromatic heterocycles. The summed E-state index contributed by atoms with van der Waals surface area (Å²) in [5.41, 5.74) is 0.834. The van der Waals surface area contributed by atoms with E-state index in [0.29, 0.717) is 23.1 Å². The number of hydrogen-bond donors (Lipinski definition) is 1. The molecule has 25 heavy (non-hydrogen) atoms. The average molecular weight is 385 g/mol. The molecule has 6 heteroatoms. The fraction of sp³-hybridized carbons (Fsp3) is 0.579. The molecule has 0 radical (unpaired) electrons. The third-order valence-corrected chi connectivity index (χ3v) is 5.48. The largest absolute Gasteiger partial charge is 0.356 e. The molecule has 0 aliphatic carbocycles. The second-order valence-electron chi connectivity index (χ2n) is 6.74. The third-order valence-electron chi connectivity index (χ3n) is 4.74. The van der Waals surface area contributed by atoms with Crippen molar-refractivity contribution in [1.29, 1.82) is 0 Å². The molecule has 0 spiro atoms. The number of amides is 2. The SMILES string of the molecule is CCCCNC(=O)C1CCC(C)N(C(=O)Cc2ccc(Cl)c(Cl)c2)C1. The molecule has 1 aromatic rings. The number of nitrogens with zero attached hydrogens (tertiary/aromatic N) is 1. The number of benzene rings is 1. The summed E-state index contributed by atoms with van der Waals surface area (Å²) in [7, 11) is 0. The van der Waals surface area contributed by atoms with Gasteiger partial charge in [-0.25, -0.2) is 0 Å². The highest BCUT2D eigenvalue weighted by atomic mass is 35.5. The first-order valence-corrected chi connectivity index (χ1v) is 9.69. The van der Waals surface area contributed by atoms with Crippen molar-refractivity contribution in [3.63, 3.8) is 0 Å². The van der Waals surface area contributed by atoms with E-state index in [2.05, 4.69) is 12.2 Å². The minimum atomic E-state index is -0.120. The molecule has 1 aliphatic heterocycles. The molecule has 2 rings (SSSR count). The van der Waals surface area contributed by atoms with Crippen LogP contribution in [-0.2, 0) is 16.0 Å². The van der Waals surface area contributed by atoms with Crippen LogP contribution in [0.4, 0.5) is 0 Å². The minimum Gasteiger partial charge on any atom is -0.356 e. The highest BCUT2D eigenvalue weighted by Gasteiger charge is 2.32. The zero-order valence-electron chi connectivity index (χ0n) is 14.9. The van der Waals surface area contributed by atoms with Gasteiger partial charge in [0.25, 0.3) is 0 Å². The Morgan fingerprint density at radius 1 is 1.24 bits per heavy atom. The maximum atomic E-state index is 12.7. The van der Waals surface area contributed by atoms with E-state index in [-0.39, 0.29) is 30.2 Å². The van der Waals surface area contributed by atoms with Crippen LogP contribution in [0.3, 0.4) is 0 Å². The zero-order valence-corrected chi connectivity index (χ0v) is 16.4. The summed E-state index contributed by atoms with van der Waals surface area (Å²) in [5, 5.41) is 3.91. The molecule has 1 aliphatic rings. The van der Waals surface area contributed by atoms with Crippen molar-refractivity contribution in [3.8, 4) is 0 Å². The lowest BCUT2D eigenvalue weighted by Crippen LogP contribution is -2.50. The van der Waals surface area contributed by atoms with Crippen LogP contribution in [-0.4, -0.2) is 35.8 Å². The van der Waals surface area contributed by atoms with Gasteiger partial charge in [0.1, 0.15) is 0 Å². The van der Waals surface area contributed by atoms with Crippen molar-refractivity contribution in [2.75, 3.05) is 13.1 Å². The average Bonchev–Trinajstić information content (AvgIpc) is 2.58. The fourth-order valence-corrected chi connectivity index (χ4v) is 3.45. The number of likely N-dealkylation sites (tertiary alicyclic amines) is 1. The lowest BCUT2D eigenvalue weighted by Gasteiger charge is -2.37. The van der Waals surface area contributed by atoms with Crippen LogP contribution in [0.1, 0.15) is 45.1 Å².